The highest BCUT2D eigenvalue weighted by molar-refractivity contribution is 5.96. The summed E-state index contributed by atoms with van der Waals surface area (Å²) in [6.45, 7) is 3.97. The molecular weight excluding hydrogens is 469 g/mol. The summed E-state index contributed by atoms with van der Waals surface area (Å²) in [5.41, 5.74) is 5.47. The largest absolute Gasteiger partial charge is 0.496 e. The Bertz CT molecular complexity index is 1400. The van der Waals surface area contributed by atoms with Gasteiger partial charge in [-0.2, -0.15) is 13.2 Å². The number of aromatic nitrogens is 2. The Morgan fingerprint density at radius 2 is 1.89 bits per heavy atom. The van der Waals surface area contributed by atoms with Crippen LogP contribution in [0.5, 0.6) is 5.75 Å². The molecular formula is C27H27F3N4O2. The number of benzene rings is 2. The molecule has 0 spiro atoms. The first-order valence-electron chi connectivity index (χ1n) is 11.6. The van der Waals surface area contributed by atoms with Crippen molar-refractivity contribution in [3.63, 3.8) is 0 Å². The second-order valence-corrected chi connectivity index (χ2v) is 8.36. The van der Waals surface area contributed by atoms with E-state index in [0.29, 0.717) is 29.2 Å². The van der Waals surface area contributed by atoms with Gasteiger partial charge in [-0.1, -0.05) is 24.3 Å². The molecule has 4 rings (SSSR count). The van der Waals surface area contributed by atoms with Crippen LogP contribution in [0.25, 0.3) is 28.0 Å². The summed E-state index contributed by atoms with van der Waals surface area (Å²) in [6, 6.07) is 14.7. The molecule has 0 aliphatic rings. The van der Waals surface area contributed by atoms with Crippen molar-refractivity contribution in [1.29, 1.82) is 0 Å². The molecule has 0 radical (unpaired) electrons. The zero-order chi connectivity index (χ0) is 25.9. The average Bonchev–Trinajstić information content (AvgIpc) is 3.27. The fourth-order valence-electron chi connectivity index (χ4n) is 4.13. The number of hydrogen-bond acceptors (Lipinski definition) is 4. The number of rotatable bonds is 8. The number of fused-ring (bicyclic) bond motifs is 1. The van der Waals surface area contributed by atoms with Crippen LogP contribution in [0.3, 0.4) is 0 Å². The van der Waals surface area contributed by atoms with Gasteiger partial charge in [0.05, 0.1) is 31.1 Å². The van der Waals surface area contributed by atoms with E-state index in [1.807, 2.05) is 60.8 Å². The number of para-hydroxylation sites is 1. The molecule has 0 bridgehead atoms. The molecule has 2 heterocycles. The molecule has 2 N–H and O–H groups in total. The van der Waals surface area contributed by atoms with Crippen LogP contribution in [-0.2, 0) is 0 Å². The van der Waals surface area contributed by atoms with Gasteiger partial charge in [-0.3, -0.25) is 9.20 Å². The summed E-state index contributed by atoms with van der Waals surface area (Å²) in [7, 11) is 1.57. The lowest BCUT2D eigenvalue weighted by molar-refractivity contribution is -0.131. The molecule has 9 heteroatoms. The van der Waals surface area contributed by atoms with Crippen LogP contribution >= 0.6 is 0 Å². The van der Waals surface area contributed by atoms with Crippen molar-refractivity contribution in [2.75, 3.05) is 25.5 Å². The topological polar surface area (TPSA) is 67.7 Å². The molecule has 0 saturated carbocycles. The van der Waals surface area contributed by atoms with Crippen LogP contribution in [0.1, 0.15) is 29.3 Å². The second kappa shape index (κ2) is 10.3. The minimum absolute atomic E-state index is 0.144. The summed E-state index contributed by atoms with van der Waals surface area (Å²) < 4.78 is 45.8. The molecule has 0 atom stereocenters. The van der Waals surface area contributed by atoms with Crippen molar-refractivity contribution in [3.8, 4) is 28.1 Å². The van der Waals surface area contributed by atoms with Gasteiger partial charge in [-0.05, 0) is 43.7 Å². The van der Waals surface area contributed by atoms with Crippen molar-refractivity contribution >= 4 is 17.2 Å². The van der Waals surface area contributed by atoms with Crippen molar-refractivity contribution < 1.29 is 22.7 Å². The lowest BCUT2D eigenvalue weighted by Crippen LogP contribution is -2.23. The Labute approximate surface area is 207 Å². The van der Waals surface area contributed by atoms with Gasteiger partial charge < -0.3 is 15.4 Å². The number of amides is 1. The second-order valence-electron chi connectivity index (χ2n) is 8.36. The fourth-order valence-corrected chi connectivity index (χ4v) is 4.13. The first-order chi connectivity index (χ1) is 17.2. The number of ether oxygens (including phenoxy) is 1. The molecule has 6 nitrogen and oxygen atoms in total. The first-order valence-corrected chi connectivity index (χ1v) is 11.6. The van der Waals surface area contributed by atoms with Crippen molar-refractivity contribution in [3.05, 3.63) is 72.1 Å². The smallest absolute Gasteiger partial charge is 0.390 e. The van der Waals surface area contributed by atoms with E-state index in [1.54, 1.807) is 25.4 Å². The Balaban J connectivity index is 1.83. The molecule has 188 valence electrons. The summed E-state index contributed by atoms with van der Waals surface area (Å²) in [5.74, 6) is 0.496. The van der Waals surface area contributed by atoms with E-state index in [9.17, 15) is 18.0 Å². The molecule has 4 aromatic rings. The number of alkyl halides is 3. The monoisotopic (exact) mass is 496 g/mol. The summed E-state index contributed by atoms with van der Waals surface area (Å²) >= 11 is 0. The number of aryl methyl sites for hydroxylation is 1. The number of carbonyl (C=O) groups excluding carboxylic acids is 1. The van der Waals surface area contributed by atoms with Gasteiger partial charge in [0.2, 0.25) is 0 Å². The molecule has 0 saturated heterocycles. The number of methoxy groups -OCH3 is 1. The fraction of sp³-hybridized carbons (Fsp3) is 0.259. The molecule has 2 aromatic heterocycles. The van der Waals surface area contributed by atoms with Crippen molar-refractivity contribution in [2.24, 2.45) is 0 Å². The van der Waals surface area contributed by atoms with Gasteiger partial charge in [-0.25, -0.2) is 4.98 Å². The zero-order valence-electron chi connectivity index (χ0n) is 20.2. The average molecular weight is 497 g/mol. The van der Waals surface area contributed by atoms with E-state index in [4.69, 9.17) is 4.74 Å². The Kier molecular flexibility index (Phi) is 7.19. The van der Waals surface area contributed by atoms with Gasteiger partial charge in [0.15, 0.2) is 5.65 Å². The zero-order valence-corrected chi connectivity index (χ0v) is 20.2. The standard InChI is InChI=1S/C27H27F3N4O2/c1-4-31-26(35)20-10-9-18(13-17(20)2)23-15-33-25-22(32-12-11-27(28,29)30)14-19(16-34(23)25)21-7-5-6-8-24(21)36-3/h5-10,13-16,32H,4,11-12H2,1-3H3,(H,31,35). The van der Waals surface area contributed by atoms with Gasteiger partial charge in [0, 0.05) is 41.5 Å². The van der Waals surface area contributed by atoms with Gasteiger partial charge >= 0.3 is 6.18 Å². The van der Waals surface area contributed by atoms with Crippen LogP contribution in [0.15, 0.2) is 60.9 Å². The summed E-state index contributed by atoms with van der Waals surface area (Å²) in [5, 5.41) is 5.71. The van der Waals surface area contributed by atoms with E-state index in [2.05, 4.69) is 15.6 Å². The maximum absolute atomic E-state index is 12.8. The van der Waals surface area contributed by atoms with Crippen molar-refractivity contribution in [1.82, 2.24) is 14.7 Å². The van der Waals surface area contributed by atoms with Crippen molar-refractivity contribution in [2.45, 2.75) is 26.4 Å². The van der Waals surface area contributed by atoms with Crippen LogP contribution < -0.4 is 15.4 Å². The molecule has 36 heavy (non-hydrogen) atoms. The number of pyridine rings is 1. The van der Waals surface area contributed by atoms with E-state index >= 15 is 0 Å². The van der Waals surface area contributed by atoms with Gasteiger partial charge in [0.1, 0.15) is 5.75 Å². The number of nitrogens with one attached hydrogen (secondary N) is 2. The minimum Gasteiger partial charge on any atom is -0.496 e. The number of hydrogen-bond donors (Lipinski definition) is 2. The SMILES string of the molecule is CCNC(=O)c1ccc(-c2cnc3c(NCCC(F)(F)F)cc(-c4ccccc4OC)cn23)cc1C. The lowest BCUT2D eigenvalue weighted by atomic mass is 10.0. The highest BCUT2D eigenvalue weighted by Gasteiger charge is 2.26. The molecule has 0 unspecified atom stereocenters. The Morgan fingerprint density at radius 3 is 2.58 bits per heavy atom. The first kappa shape index (κ1) is 25.1. The molecule has 0 aliphatic heterocycles. The lowest BCUT2D eigenvalue weighted by Gasteiger charge is -2.15. The normalized spacial score (nSPS) is 11.5. The summed E-state index contributed by atoms with van der Waals surface area (Å²) in [6.07, 6.45) is -1.67. The summed E-state index contributed by atoms with van der Waals surface area (Å²) in [4.78, 5) is 16.8. The van der Waals surface area contributed by atoms with Crippen LogP contribution in [-0.4, -0.2) is 41.7 Å². The number of anilines is 1. The Morgan fingerprint density at radius 1 is 1.11 bits per heavy atom. The third-order valence-electron chi connectivity index (χ3n) is 5.85. The maximum Gasteiger partial charge on any atom is 0.390 e. The van der Waals surface area contributed by atoms with Gasteiger partial charge in [-0.15, -0.1) is 0 Å². The molecule has 0 aliphatic carbocycles. The van der Waals surface area contributed by atoms with Gasteiger partial charge in [0.25, 0.3) is 5.91 Å². The number of carbonyl (C=O) groups is 1. The number of nitrogens with zero attached hydrogens (tertiary/aromatic N) is 2. The molecule has 1 amide bonds. The third-order valence-corrected chi connectivity index (χ3v) is 5.85. The molecule has 0 fully saturated rings. The van der Waals surface area contributed by atoms with Crippen LogP contribution in [0.2, 0.25) is 0 Å². The van der Waals surface area contributed by atoms with E-state index < -0.39 is 12.6 Å². The highest BCUT2D eigenvalue weighted by atomic mass is 19.4. The predicted molar refractivity (Wildman–Crippen MR) is 135 cm³/mol. The van der Waals surface area contributed by atoms with E-state index in [-0.39, 0.29) is 12.5 Å². The van der Waals surface area contributed by atoms with E-state index in [1.165, 1.54) is 0 Å². The molecule has 2 aromatic carbocycles. The third kappa shape index (κ3) is 5.30. The minimum atomic E-state index is -4.27. The highest BCUT2D eigenvalue weighted by Crippen LogP contribution is 2.35. The maximum atomic E-state index is 12.8. The van der Waals surface area contributed by atoms with E-state index in [0.717, 1.165) is 27.9 Å². The Hall–Kier alpha value is -4.01. The van der Waals surface area contributed by atoms with Crippen LogP contribution in [0, 0.1) is 6.92 Å². The quantitative estimate of drug-likeness (QED) is 0.309. The van der Waals surface area contributed by atoms with Crippen LogP contribution in [0.4, 0.5) is 18.9 Å². The number of halogens is 3. The predicted octanol–water partition coefficient (Wildman–Crippen LogP) is 6.10. The number of imidazole rings is 1.